The van der Waals surface area contributed by atoms with Crippen LogP contribution in [0.2, 0.25) is 0 Å². The molecule has 100 valence electrons. The topological polar surface area (TPSA) is 93.7 Å². The number of nitrogens with zero attached hydrogens (tertiary/aromatic N) is 2. The number of hydrogen-bond acceptors (Lipinski definition) is 6. The molecule has 18 heavy (non-hydrogen) atoms. The summed E-state index contributed by atoms with van der Waals surface area (Å²) < 4.78 is 7.24. The van der Waals surface area contributed by atoms with Gasteiger partial charge >= 0.3 is 5.69 Å². The third-order valence-corrected chi connectivity index (χ3v) is 3.31. The van der Waals surface area contributed by atoms with Crippen LogP contribution < -0.4 is 11.2 Å². The summed E-state index contributed by atoms with van der Waals surface area (Å²) in [4.78, 5) is 23.3. The molecule has 1 aliphatic heterocycles. The quantitative estimate of drug-likeness (QED) is 0.580. The molecule has 1 fully saturated rings. The Morgan fingerprint density at radius 1 is 1.56 bits per heavy atom. The van der Waals surface area contributed by atoms with Crippen LogP contribution in [0.3, 0.4) is 0 Å². The molecule has 1 aromatic rings. The number of aliphatic hydroxyl groups excluding tert-OH is 2. The Morgan fingerprint density at radius 3 is 2.78 bits per heavy atom. The Balaban J connectivity index is 2.42. The normalized spacial score (nSPS) is 27.7. The Kier molecular flexibility index (Phi) is 3.62. The van der Waals surface area contributed by atoms with Crippen molar-refractivity contribution in [3.8, 4) is 0 Å². The van der Waals surface area contributed by atoms with Crippen LogP contribution in [0.15, 0.2) is 15.8 Å². The summed E-state index contributed by atoms with van der Waals surface area (Å²) in [6.45, 7) is 1.23. The Hall–Kier alpha value is -1.09. The molecule has 1 aliphatic rings. The van der Waals surface area contributed by atoms with Gasteiger partial charge in [-0.05, 0) is 6.92 Å². The van der Waals surface area contributed by atoms with Gasteiger partial charge < -0.3 is 14.9 Å². The summed E-state index contributed by atoms with van der Waals surface area (Å²) in [6, 6.07) is 0. The maximum atomic E-state index is 11.9. The molecular weight excluding hydrogens is 260 g/mol. The lowest BCUT2D eigenvalue weighted by molar-refractivity contribution is -0.0460. The second kappa shape index (κ2) is 4.88. The molecule has 0 bridgehead atoms. The zero-order valence-electron chi connectivity index (χ0n) is 9.68. The van der Waals surface area contributed by atoms with E-state index in [1.54, 1.807) is 6.92 Å². The molecule has 0 aliphatic carbocycles. The summed E-state index contributed by atoms with van der Waals surface area (Å²) in [7, 11) is 0. The fourth-order valence-corrected chi connectivity index (χ4v) is 2.20. The maximum Gasteiger partial charge on any atom is 0.343 e. The first-order valence-corrected chi connectivity index (χ1v) is 5.84. The monoisotopic (exact) mass is 274 g/mol. The minimum absolute atomic E-state index is 0.177. The third-order valence-electron chi connectivity index (χ3n) is 2.96. The van der Waals surface area contributed by atoms with Crippen LogP contribution in [0.4, 0.5) is 0 Å². The second-order valence-electron chi connectivity index (χ2n) is 4.23. The van der Waals surface area contributed by atoms with Crippen molar-refractivity contribution in [2.75, 3.05) is 6.61 Å². The first-order chi connectivity index (χ1) is 8.45. The van der Waals surface area contributed by atoms with Crippen molar-refractivity contribution in [2.24, 2.45) is 0 Å². The molecule has 1 aromatic heterocycles. The van der Waals surface area contributed by atoms with Crippen LogP contribution in [0.5, 0.6) is 0 Å². The SMILES string of the molecule is Cc1cn([C@H]2CC(O)[C@@H](CO)O2)c(=O)n(S)c1=O. The number of rotatable bonds is 2. The first kappa shape index (κ1) is 13.3. The van der Waals surface area contributed by atoms with Crippen molar-refractivity contribution in [2.45, 2.75) is 31.8 Å². The predicted octanol–water partition coefficient (Wildman–Crippen LogP) is -1.35. The van der Waals surface area contributed by atoms with Crippen LogP contribution in [0.25, 0.3) is 0 Å². The van der Waals surface area contributed by atoms with Crippen LogP contribution in [0.1, 0.15) is 18.2 Å². The predicted molar refractivity (Wildman–Crippen MR) is 65.7 cm³/mol. The summed E-state index contributed by atoms with van der Waals surface area (Å²) in [6.07, 6.45) is -0.720. The number of ether oxygens (including phenoxy) is 1. The second-order valence-corrected chi connectivity index (χ2v) is 4.63. The van der Waals surface area contributed by atoms with Crippen LogP contribution in [-0.4, -0.2) is 37.6 Å². The number of aryl methyl sites for hydroxylation is 1. The van der Waals surface area contributed by atoms with E-state index in [4.69, 9.17) is 9.84 Å². The number of aliphatic hydroxyl groups is 2. The van der Waals surface area contributed by atoms with E-state index >= 15 is 0 Å². The van der Waals surface area contributed by atoms with Gasteiger partial charge in [-0.1, -0.05) is 12.8 Å². The van der Waals surface area contributed by atoms with Crippen molar-refractivity contribution >= 4 is 12.8 Å². The highest BCUT2D eigenvalue weighted by atomic mass is 32.1. The molecule has 2 rings (SSSR count). The standard InChI is InChI=1S/C10H14N2O5S/c1-5-3-11(10(16)12(18)9(5)15)8-2-6(14)7(4-13)17-8/h3,6-8,13-14,18H,2,4H2,1H3/t6?,7-,8-/m1/s1. The van der Waals surface area contributed by atoms with E-state index in [0.717, 1.165) is 0 Å². The van der Waals surface area contributed by atoms with Gasteiger partial charge in [-0.2, -0.15) is 0 Å². The molecule has 1 unspecified atom stereocenters. The highest BCUT2D eigenvalue weighted by Crippen LogP contribution is 2.27. The highest BCUT2D eigenvalue weighted by molar-refractivity contribution is 7.78. The summed E-state index contributed by atoms with van der Waals surface area (Å²) in [5.74, 6) is 0. The maximum absolute atomic E-state index is 11.9. The Bertz CT molecular complexity index is 566. The number of thiol groups is 1. The zero-order valence-corrected chi connectivity index (χ0v) is 10.6. The molecule has 7 nitrogen and oxygen atoms in total. The van der Waals surface area contributed by atoms with Gasteiger partial charge in [-0.3, -0.25) is 9.36 Å². The van der Waals surface area contributed by atoms with Crippen molar-refractivity contribution in [3.05, 3.63) is 32.6 Å². The van der Waals surface area contributed by atoms with E-state index in [0.29, 0.717) is 9.54 Å². The highest BCUT2D eigenvalue weighted by Gasteiger charge is 2.35. The van der Waals surface area contributed by atoms with Gasteiger partial charge in [-0.15, -0.1) is 0 Å². The van der Waals surface area contributed by atoms with E-state index in [1.165, 1.54) is 10.8 Å². The van der Waals surface area contributed by atoms with E-state index in [1.807, 2.05) is 0 Å². The molecule has 0 aromatic carbocycles. The van der Waals surface area contributed by atoms with Gasteiger partial charge in [0.25, 0.3) is 5.56 Å². The fourth-order valence-electron chi connectivity index (χ4n) is 1.94. The van der Waals surface area contributed by atoms with E-state index < -0.39 is 29.7 Å². The lowest BCUT2D eigenvalue weighted by atomic mass is 10.2. The Morgan fingerprint density at radius 2 is 2.22 bits per heavy atom. The van der Waals surface area contributed by atoms with Gasteiger partial charge in [-0.25, -0.2) is 8.77 Å². The lowest BCUT2D eigenvalue weighted by Gasteiger charge is -2.15. The van der Waals surface area contributed by atoms with Gasteiger partial charge in [0, 0.05) is 18.2 Å². The zero-order chi connectivity index (χ0) is 13.4. The summed E-state index contributed by atoms with van der Waals surface area (Å²) in [5.41, 5.74) is -0.781. The molecule has 3 atom stereocenters. The third kappa shape index (κ3) is 2.12. The largest absolute Gasteiger partial charge is 0.394 e. The van der Waals surface area contributed by atoms with Crippen molar-refractivity contribution in [1.29, 1.82) is 0 Å². The molecular formula is C10H14N2O5S. The number of hydrogen-bond donors (Lipinski definition) is 3. The molecule has 0 amide bonds. The minimum atomic E-state index is -0.840. The molecule has 0 spiro atoms. The van der Waals surface area contributed by atoms with Crippen LogP contribution in [0, 0.1) is 6.92 Å². The average molecular weight is 274 g/mol. The van der Waals surface area contributed by atoms with Crippen molar-refractivity contribution in [1.82, 2.24) is 8.54 Å². The number of aromatic nitrogens is 2. The molecule has 2 N–H and O–H groups in total. The van der Waals surface area contributed by atoms with E-state index in [9.17, 15) is 14.7 Å². The van der Waals surface area contributed by atoms with Gasteiger partial charge in [0.15, 0.2) is 0 Å². The lowest BCUT2D eigenvalue weighted by Crippen LogP contribution is -2.38. The average Bonchev–Trinajstić information content (AvgIpc) is 2.72. The minimum Gasteiger partial charge on any atom is -0.394 e. The molecule has 0 radical (unpaired) electrons. The van der Waals surface area contributed by atoms with E-state index in [2.05, 4.69) is 12.8 Å². The molecule has 0 saturated carbocycles. The van der Waals surface area contributed by atoms with E-state index in [-0.39, 0.29) is 13.0 Å². The smallest absolute Gasteiger partial charge is 0.343 e. The van der Waals surface area contributed by atoms with Crippen LogP contribution in [-0.2, 0) is 4.74 Å². The van der Waals surface area contributed by atoms with Crippen LogP contribution >= 0.6 is 12.8 Å². The molecule has 8 heteroatoms. The first-order valence-electron chi connectivity index (χ1n) is 5.44. The van der Waals surface area contributed by atoms with Gasteiger partial charge in [0.1, 0.15) is 12.3 Å². The van der Waals surface area contributed by atoms with Crippen molar-refractivity contribution < 1.29 is 14.9 Å². The van der Waals surface area contributed by atoms with Gasteiger partial charge in [0.2, 0.25) is 0 Å². The fraction of sp³-hybridized carbons (Fsp3) is 0.600. The summed E-state index contributed by atoms with van der Waals surface area (Å²) >= 11 is 3.81. The van der Waals surface area contributed by atoms with Gasteiger partial charge in [0.05, 0.1) is 12.7 Å². The summed E-state index contributed by atoms with van der Waals surface area (Å²) in [5, 5.41) is 18.6. The molecule has 2 heterocycles. The van der Waals surface area contributed by atoms with Crippen molar-refractivity contribution in [3.63, 3.8) is 0 Å². The Labute approximate surface area is 108 Å². The molecule has 1 saturated heterocycles.